The highest BCUT2D eigenvalue weighted by Crippen LogP contribution is 2.27. The highest BCUT2D eigenvalue weighted by atomic mass is 16.6. The molecular formula is C20H26N2O5. The molecule has 27 heavy (non-hydrogen) atoms. The van der Waals surface area contributed by atoms with Crippen LogP contribution in [0, 0.1) is 5.92 Å². The molecule has 0 aliphatic rings. The Morgan fingerprint density at radius 1 is 1.26 bits per heavy atom. The molecule has 7 nitrogen and oxygen atoms in total. The Labute approximate surface area is 158 Å². The Morgan fingerprint density at radius 3 is 2.52 bits per heavy atom. The second kappa shape index (κ2) is 9.32. The van der Waals surface area contributed by atoms with Crippen molar-refractivity contribution in [1.29, 1.82) is 0 Å². The molecule has 0 saturated heterocycles. The van der Waals surface area contributed by atoms with Gasteiger partial charge in [-0.2, -0.15) is 0 Å². The zero-order chi connectivity index (χ0) is 19.9. The van der Waals surface area contributed by atoms with Gasteiger partial charge in [-0.25, -0.2) is 14.6 Å². The molecule has 1 aromatic carbocycles. The van der Waals surface area contributed by atoms with Gasteiger partial charge >= 0.3 is 11.9 Å². The number of carbonyl (C=O) groups is 2. The first kappa shape index (κ1) is 20.6. The number of nitrogens with one attached hydrogen (secondary N) is 1. The SMILES string of the molecule is CCOC(=O)[C@@](O)(Cc1cnc[nH]1)[C@@H](CC(C)C)OC(=O)c1ccccc1. The lowest BCUT2D eigenvalue weighted by Gasteiger charge is -2.34. The number of aromatic amines is 1. The van der Waals surface area contributed by atoms with Crippen molar-refractivity contribution in [1.82, 2.24) is 9.97 Å². The minimum Gasteiger partial charge on any atom is -0.464 e. The van der Waals surface area contributed by atoms with Gasteiger partial charge in [0.2, 0.25) is 5.60 Å². The van der Waals surface area contributed by atoms with Crippen LogP contribution < -0.4 is 0 Å². The summed E-state index contributed by atoms with van der Waals surface area (Å²) in [6.45, 7) is 5.60. The van der Waals surface area contributed by atoms with Gasteiger partial charge in [0.15, 0.2) is 0 Å². The molecule has 2 atom stereocenters. The fourth-order valence-corrected chi connectivity index (χ4v) is 2.79. The van der Waals surface area contributed by atoms with E-state index >= 15 is 0 Å². The molecule has 1 heterocycles. The van der Waals surface area contributed by atoms with Crippen LogP contribution in [-0.2, 0) is 20.7 Å². The molecule has 2 N–H and O–H groups in total. The van der Waals surface area contributed by atoms with E-state index in [0.29, 0.717) is 17.7 Å². The van der Waals surface area contributed by atoms with Gasteiger partial charge in [-0.1, -0.05) is 32.0 Å². The minimum atomic E-state index is -2.03. The Balaban J connectivity index is 2.34. The maximum Gasteiger partial charge on any atom is 0.342 e. The van der Waals surface area contributed by atoms with Crippen LogP contribution in [0.25, 0.3) is 0 Å². The van der Waals surface area contributed by atoms with Crippen LogP contribution in [0.2, 0.25) is 0 Å². The van der Waals surface area contributed by atoms with Crippen LogP contribution in [0.3, 0.4) is 0 Å². The first-order chi connectivity index (χ1) is 12.9. The fraction of sp³-hybridized carbons (Fsp3) is 0.450. The maximum absolute atomic E-state index is 12.6. The van der Waals surface area contributed by atoms with Crippen molar-refractivity contribution in [3.8, 4) is 0 Å². The van der Waals surface area contributed by atoms with Crippen LogP contribution in [0.1, 0.15) is 43.2 Å². The number of benzene rings is 1. The zero-order valence-corrected chi connectivity index (χ0v) is 15.8. The van der Waals surface area contributed by atoms with E-state index in [2.05, 4.69) is 9.97 Å². The number of H-pyrrole nitrogens is 1. The molecular weight excluding hydrogens is 348 g/mol. The van der Waals surface area contributed by atoms with Gasteiger partial charge in [0, 0.05) is 18.3 Å². The molecule has 0 unspecified atom stereocenters. The zero-order valence-electron chi connectivity index (χ0n) is 15.8. The van der Waals surface area contributed by atoms with Crippen LogP contribution in [-0.4, -0.2) is 45.3 Å². The van der Waals surface area contributed by atoms with Crippen LogP contribution >= 0.6 is 0 Å². The number of ether oxygens (including phenoxy) is 2. The molecule has 0 spiro atoms. The third kappa shape index (κ3) is 5.40. The summed E-state index contributed by atoms with van der Waals surface area (Å²) in [4.78, 5) is 32.0. The molecule has 2 rings (SSSR count). The largest absolute Gasteiger partial charge is 0.464 e. The van der Waals surface area contributed by atoms with E-state index in [1.807, 2.05) is 13.8 Å². The lowest BCUT2D eigenvalue weighted by molar-refractivity contribution is -0.179. The topological polar surface area (TPSA) is 102 Å². The van der Waals surface area contributed by atoms with E-state index in [4.69, 9.17) is 9.47 Å². The second-order valence-corrected chi connectivity index (χ2v) is 6.79. The van der Waals surface area contributed by atoms with Gasteiger partial charge in [0.25, 0.3) is 0 Å². The number of carbonyl (C=O) groups excluding carboxylic acids is 2. The first-order valence-electron chi connectivity index (χ1n) is 8.99. The predicted octanol–water partition coefficient (Wildman–Crippen LogP) is 2.52. The highest BCUT2D eigenvalue weighted by molar-refractivity contribution is 5.90. The average Bonchev–Trinajstić information content (AvgIpc) is 3.14. The van der Waals surface area contributed by atoms with Crippen molar-refractivity contribution in [2.75, 3.05) is 6.61 Å². The molecule has 146 valence electrons. The summed E-state index contributed by atoms with van der Waals surface area (Å²) in [5.74, 6) is -1.36. The second-order valence-electron chi connectivity index (χ2n) is 6.79. The summed E-state index contributed by atoms with van der Waals surface area (Å²) < 4.78 is 10.7. The lowest BCUT2D eigenvalue weighted by atomic mass is 9.86. The van der Waals surface area contributed by atoms with Crippen LogP contribution in [0.15, 0.2) is 42.9 Å². The highest BCUT2D eigenvalue weighted by Gasteiger charge is 2.48. The summed E-state index contributed by atoms with van der Waals surface area (Å²) in [6.07, 6.45) is 2.07. The molecule has 2 aromatic rings. The number of hydrogen-bond donors (Lipinski definition) is 2. The number of nitrogens with zero attached hydrogens (tertiary/aromatic N) is 1. The Kier molecular flexibility index (Phi) is 7.12. The number of aromatic nitrogens is 2. The molecule has 0 aliphatic carbocycles. The molecule has 0 bridgehead atoms. The monoisotopic (exact) mass is 374 g/mol. The fourth-order valence-electron chi connectivity index (χ4n) is 2.79. The number of esters is 2. The summed E-state index contributed by atoms with van der Waals surface area (Å²) in [7, 11) is 0. The van der Waals surface area contributed by atoms with Crippen molar-refractivity contribution in [3.05, 3.63) is 54.1 Å². The third-order valence-electron chi connectivity index (χ3n) is 4.12. The summed E-state index contributed by atoms with van der Waals surface area (Å²) in [6, 6.07) is 8.46. The van der Waals surface area contributed by atoms with Gasteiger partial charge in [-0.15, -0.1) is 0 Å². The lowest BCUT2D eigenvalue weighted by Crippen LogP contribution is -2.54. The molecule has 1 aromatic heterocycles. The summed E-state index contributed by atoms with van der Waals surface area (Å²) in [5.41, 5.74) is -1.15. The molecule has 7 heteroatoms. The van der Waals surface area contributed by atoms with Crippen LogP contribution in [0.4, 0.5) is 0 Å². The molecule has 0 amide bonds. The number of hydrogen-bond acceptors (Lipinski definition) is 6. The Morgan fingerprint density at radius 2 is 1.96 bits per heavy atom. The Bertz CT molecular complexity index is 730. The molecule has 0 aliphatic heterocycles. The molecule has 0 fully saturated rings. The average molecular weight is 374 g/mol. The maximum atomic E-state index is 12.6. The number of imidazole rings is 1. The Hall–Kier alpha value is -2.67. The van der Waals surface area contributed by atoms with E-state index in [1.54, 1.807) is 37.3 Å². The molecule has 0 saturated carbocycles. The van der Waals surface area contributed by atoms with Crippen molar-refractivity contribution in [3.63, 3.8) is 0 Å². The summed E-state index contributed by atoms with van der Waals surface area (Å²) in [5, 5.41) is 11.3. The number of aliphatic hydroxyl groups is 1. The van der Waals surface area contributed by atoms with E-state index in [1.165, 1.54) is 12.5 Å². The predicted molar refractivity (Wildman–Crippen MR) is 99.0 cm³/mol. The number of rotatable bonds is 9. The standard InChI is InChI=1S/C20H26N2O5/c1-4-26-19(24)20(25,11-16-12-21-13-22-16)17(10-14(2)3)27-18(23)15-8-6-5-7-9-15/h5-9,12-14,17,25H,4,10-11H2,1-3H3,(H,21,22)/t17-,20-/m1/s1. The van der Waals surface area contributed by atoms with Gasteiger partial charge < -0.3 is 19.6 Å². The smallest absolute Gasteiger partial charge is 0.342 e. The quantitative estimate of drug-likeness (QED) is 0.654. The van der Waals surface area contributed by atoms with Crippen LogP contribution in [0.5, 0.6) is 0 Å². The van der Waals surface area contributed by atoms with E-state index in [-0.39, 0.29) is 18.9 Å². The first-order valence-corrected chi connectivity index (χ1v) is 8.99. The van der Waals surface area contributed by atoms with Gasteiger partial charge in [0.1, 0.15) is 6.10 Å². The van der Waals surface area contributed by atoms with Crippen molar-refractivity contribution in [2.45, 2.75) is 45.3 Å². The van der Waals surface area contributed by atoms with Gasteiger partial charge in [0.05, 0.1) is 18.5 Å². The third-order valence-corrected chi connectivity index (χ3v) is 4.12. The van der Waals surface area contributed by atoms with E-state index < -0.39 is 23.6 Å². The summed E-state index contributed by atoms with van der Waals surface area (Å²) >= 11 is 0. The van der Waals surface area contributed by atoms with Gasteiger partial charge in [-0.3, -0.25) is 0 Å². The molecule has 0 radical (unpaired) electrons. The van der Waals surface area contributed by atoms with E-state index in [0.717, 1.165) is 0 Å². The van der Waals surface area contributed by atoms with Gasteiger partial charge in [-0.05, 0) is 31.4 Å². The minimum absolute atomic E-state index is 0.0706. The van der Waals surface area contributed by atoms with Crippen molar-refractivity contribution < 1.29 is 24.2 Å². The van der Waals surface area contributed by atoms with Crippen molar-refractivity contribution >= 4 is 11.9 Å². The van der Waals surface area contributed by atoms with E-state index in [9.17, 15) is 14.7 Å². The van der Waals surface area contributed by atoms with Crippen molar-refractivity contribution in [2.24, 2.45) is 5.92 Å². The normalized spacial score (nSPS) is 14.4.